The minimum Gasteiger partial charge on any atom is -0.444 e. The number of ether oxygens (including phenoxy) is 1. The van der Waals surface area contributed by atoms with E-state index in [1.807, 2.05) is 0 Å². The van der Waals surface area contributed by atoms with Crippen molar-refractivity contribution >= 4 is 6.09 Å². The molecule has 5 heteroatoms. The Morgan fingerprint density at radius 3 is 2.70 bits per heavy atom. The average molecular weight is 276 g/mol. The molecule has 4 nitrogen and oxygen atoms in total. The van der Waals surface area contributed by atoms with E-state index in [0.717, 1.165) is 0 Å². The van der Waals surface area contributed by atoms with Crippen LogP contribution in [0.3, 0.4) is 0 Å². The highest BCUT2D eigenvalue weighted by Crippen LogP contribution is 2.26. The molecule has 0 spiro atoms. The summed E-state index contributed by atoms with van der Waals surface area (Å²) in [6.07, 6.45) is 1.09. The predicted molar refractivity (Wildman–Crippen MR) is 72.8 cm³/mol. The van der Waals surface area contributed by atoms with Crippen molar-refractivity contribution in [1.29, 1.82) is 0 Å². The average Bonchev–Trinajstić information content (AvgIpc) is 2.32. The number of hydrogen-bond donors (Lipinski definition) is 0. The van der Waals surface area contributed by atoms with E-state index in [1.165, 1.54) is 4.90 Å². The van der Waals surface area contributed by atoms with Crippen LogP contribution in [-0.4, -0.2) is 40.3 Å². The van der Waals surface area contributed by atoms with Crippen molar-refractivity contribution in [3.8, 4) is 11.8 Å². The van der Waals surface area contributed by atoms with Crippen LogP contribution in [0.15, 0.2) is 24.4 Å². The zero-order valence-corrected chi connectivity index (χ0v) is 11.8. The number of pyridine rings is 1. The Balaban J connectivity index is 1.92. The topological polar surface area (TPSA) is 42.4 Å². The van der Waals surface area contributed by atoms with Gasteiger partial charge in [0.1, 0.15) is 11.3 Å². The second kappa shape index (κ2) is 5.12. The minimum atomic E-state index is -1.67. The lowest BCUT2D eigenvalue weighted by atomic mass is 9.97. The molecule has 0 aliphatic carbocycles. The highest BCUT2D eigenvalue weighted by molar-refractivity contribution is 5.70. The highest BCUT2D eigenvalue weighted by Gasteiger charge is 2.46. The Kier molecular flexibility index (Phi) is 3.67. The van der Waals surface area contributed by atoms with E-state index in [9.17, 15) is 9.18 Å². The molecule has 106 valence electrons. The number of carbonyl (C=O) groups is 1. The van der Waals surface area contributed by atoms with E-state index < -0.39 is 17.4 Å². The molecule has 0 radical (unpaired) electrons. The van der Waals surface area contributed by atoms with Gasteiger partial charge in [0.15, 0.2) is 0 Å². The number of hydrogen-bond acceptors (Lipinski definition) is 3. The molecule has 0 N–H and O–H groups in total. The molecule has 1 saturated heterocycles. The molecule has 0 saturated carbocycles. The van der Waals surface area contributed by atoms with Gasteiger partial charge >= 0.3 is 6.09 Å². The summed E-state index contributed by atoms with van der Waals surface area (Å²) < 4.78 is 19.3. The summed E-state index contributed by atoms with van der Waals surface area (Å²) >= 11 is 0. The number of halogens is 1. The van der Waals surface area contributed by atoms with Gasteiger partial charge < -0.3 is 4.74 Å². The molecular weight excluding hydrogens is 259 g/mol. The van der Waals surface area contributed by atoms with Crippen LogP contribution in [0.25, 0.3) is 0 Å². The maximum atomic E-state index is 14.2. The number of nitrogens with zero attached hydrogens (tertiary/aromatic N) is 2. The second-order valence-electron chi connectivity index (χ2n) is 5.77. The molecule has 0 bridgehead atoms. The van der Waals surface area contributed by atoms with Gasteiger partial charge in [-0.25, -0.2) is 14.2 Å². The van der Waals surface area contributed by atoms with E-state index in [2.05, 4.69) is 16.8 Å². The van der Waals surface area contributed by atoms with E-state index >= 15 is 0 Å². The first-order valence-electron chi connectivity index (χ1n) is 6.39. The monoisotopic (exact) mass is 276 g/mol. The van der Waals surface area contributed by atoms with E-state index in [-0.39, 0.29) is 13.1 Å². The molecular formula is C15H17FN2O2. The van der Waals surface area contributed by atoms with E-state index in [4.69, 9.17) is 4.74 Å². The Labute approximate surface area is 117 Å². The lowest BCUT2D eigenvalue weighted by Crippen LogP contribution is -2.61. The molecule has 1 fully saturated rings. The third-order valence-electron chi connectivity index (χ3n) is 2.61. The highest BCUT2D eigenvalue weighted by atomic mass is 19.1. The van der Waals surface area contributed by atoms with Gasteiger partial charge in [0, 0.05) is 6.20 Å². The summed E-state index contributed by atoms with van der Waals surface area (Å²) in [6.45, 7) is 5.18. The number of carbonyl (C=O) groups excluding carboxylic acids is 1. The molecule has 2 heterocycles. The fourth-order valence-corrected chi connectivity index (χ4v) is 1.71. The van der Waals surface area contributed by atoms with Gasteiger partial charge in [0.25, 0.3) is 0 Å². The van der Waals surface area contributed by atoms with Crippen LogP contribution in [0.1, 0.15) is 26.5 Å². The minimum absolute atomic E-state index is 0.0677. The van der Waals surface area contributed by atoms with Gasteiger partial charge in [-0.05, 0) is 38.8 Å². The first kappa shape index (κ1) is 14.3. The first-order chi connectivity index (χ1) is 9.27. The normalized spacial score (nSPS) is 16.7. The molecule has 2 rings (SSSR count). The smallest absolute Gasteiger partial charge is 0.410 e. The number of amides is 1. The lowest BCUT2D eigenvalue weighted by Gasteiger charge is -2.41. The SMILES string of the molecule is CC(C)(C)OC(=O)N1CC(F)(C#Cc2ccccn2)C1. The third kappa shape index (κ3) is 3.70. The zero-order chi connectivity index (χ0) is 14.8. The van der Waals surface area contributed by atoms with Crippen molar-refractivity contribution in [2.24, 2.45) is 0 Å². The van der Waals surface area contributed by atoms with Gasteiger partial charge in [-0.2, -0.15) is 0 Å². The standard InChI is InChI=1S/C15H17FN2O2/c1-14(2,3)20-13(19)18-10-15(16,11-18)8-7-12-6-4-5-9-17-12/h4-6,9H,10-11H2,1-3H3. The lowest BCUT2D eigenvalue weighted by molar-refractivity contribution is -0.0271. The Morgan fingerprint density at radius 2 is 2.15 bits per heavy atom. The fraction of sp³-hybridized carbons (Fsp3) is 0.467. The van der Waals surface area contributed by atoms with Gasteiger partial charge in [0.2, 0.25) is 5.67 Å². The van der Waals surface area contributed by atoms with Crippen LogP contribution in [0, 0.1) is 11.8 Å². The molecule has 0 aromatic carbocycles. The van der Waals surface area contributed by atoms with Crippen molar-refractivity contribution in [2.45, 2.75) is 32.0 Å². The third-order valence-corrected chi connectivity index (χ3v) is 2.61. The molecule has 20 heavy (non-hydrogen) atoms. The van der Waals surface area contributed by atoms with Crippen molar-refractivity contribution in [1.82, 2.24) is 9.88 Å². The largest absolute Gasteiger partial charge is 0.444 e. The quantitative estimate of drug-likeness (QED) is 0.683. The number of likely N-dealkylation sites (tertiary alicyclic amines) is 1. The van der Waals surface area contributed by atoms with Crippen LogP contribution in [0.5, 0.6) is 0 Å². The predicted octanol–water partition coefficient (Wildman–Crippen LogP) is 2.39. The molecule has 1 aromatic heterocycles. The van der Waals surface area contributed by atoms with Crippen molar-refractivity contribution < 1.29 is 13.9 Å². The number of rotatable bonds is 0. The Bertz CT molecular complexity index is 549. The number of alkyl halides is 1. The van der Waals surface area contributed by atoms with Crippen molar-refractivity contribution in [3.05, 3.63) is 30.1 Å². The number of aromatic nitrogens is 1. The van der Waals surface area contributed by atoms with Crippen LogP contribution < -0.4 is 0 Å². The maximum Gasteiger partial charge on any atom is 0.410 e. The van der Waals surface area contributed by atoms with Gasteiger partial charge in [-0.3, -0.25) is 4.90 Å². The molecule has 0 unspecified atom stereocenters. The molecule has 1 aromatic rings. The Hall–Kier alpha value is -2.09. The van der Waals surface area contributed by atoms with Crippen molar-refractivity contribution in [2.75, 3.05) is 13.1 Å². The first-order valence-corrected chi connectivity index (χ1v) is 6.39. The maximum absolute atomic E-state index is 14.2. The second-order valence-corrected chi connectivity index (χ2v) is 5.77. The molecule has 0 atom stereocenters. The summed E-state index contributed by atoms with van der Waals surface area (Å²) in [6, 6.07) is 5.26. The van der Waals surface area contributed by atoms with Crippen LogP contribution in [0.2, 0.25) is 0 Å². The molecule has 1 aliphatic heterocycles. The summed E-state index contributed by atoms with van der Waals surface area (Å²) in [5.41, 5.74) is -1.74. The summed E-state index contributed by atoms with van der Waals surface area (Å²) in [7, 11) is 0. The molecule has 1 amide bonds. The van der Waals surface area contributed by atoms with E-state index in [0.29, 0.717) is 5.69 Å². The summed E-state index contributed by atoms with van der Waals surface area (Å²) in [5.74, 6) is 5.21. The Morgan fingerprint density at radius 1 is 1.45 bits per heavy atom. The van der Waals surface area contributed by atoms with Gasteiger partial charge in [-0.1, -0.05) is 12.0 Å². The zero-order valence-electron chi connectivity index (χ0n) is 11.8. The fourth-order valence-electron chi connectivity index (χ4n) is 1.71. The van der Waals surface area contributed by atoms with Crippen LogP contribution >= 0.6 is 0 Å². The van der Waals surface area contributed by atoms with Crippen LogP contribution in [0.4, 0.5) is 9.18 Å². The van der Waals surface area contributed by atoms with Gasteiger partial charge in [-0.15, -0.1) is 0 Å². The summed E-state index contributed by atoms with van der Waals surface area (Å²) in [4.78, 5) is 17.0. The summed E-state index contributed by atoms with van der Waals surface area (Å²) in [5, 5.41) is 0. The van der Waals surface area contributed by atoms with Gasteiger partial charge in [0.05, 0.1) is 13.1 Å². The van der Waals surface area contributed by atoms with E-state index in [1.54, 1.807) is 45.2 Å². The van der Waals surface area contributed by atoms with Crippen molar-refractivity contribution in [3.63, 3.8) is 0 Å². The van der Waals surface area contributed by atoms with Crippen LogP contribution in [-0.2, 0) is 4.74 Å². The molecule has 1 aliphatic rings.